The second kappa shape index (κ2) is 5.07. The second-order valence-corrected chi connectivity index (χ2v) is 5.00. The summed E-state index contributed by atoms with van der Waals surface area (Å²) in [5, 5.41) is 0. The van der Waals surface area contributed by atoms with E-state index in [-0.39, 0.29) is 6.04 Å². The summed E-state index contributed by atoms with van der Waals surface area (Å²) in [7, 11) is 1.69. The molecule has 0 bridgehead atoms. The van der Waals surface area contributed by atoms with E-state index in [0.717, 1.165) is 18.7 Å². The van der Waals surface area contributed by atoms with Crippen LogP contribution < -0.4 is 10.5 Å². The van der Waals surface area contributed by atoms with E-state index >= 15 is 0 Å². The molecule has 1 aromatic carbocycles. The van der Waals surface area contributed by atoms with Gasteiger partial charge in [0.1, 0.15) is 5.75 Å². The van der Waals surface area contributed by atoms with Gasteiger partial charge in [-0.3, -0.25) is 4.90 Å². The van der Waals surface area contributed by atoms with E-state index in [0.29, 0.717) is 12.1 Å². The fourth-order valence-electron chi connectivity index (χ4n) is 2.66. The fraction of sp³-hybridized carbons (Fsp3) is 0.571. The Balaban J connectivity index is 2.23. The SMILES string of the molecule is COc1ccc([C@@H]2[C@@H](N)CCN2C(C)C)cc1. The van der Waals surface area contributed by atoms with Crippen molar-refractivity contribution in [2.24, 2.45) is 5.73 Å². The fourth-order valence-corrected chi connectivity index (χ4v) is 2.66. The topological polar surface area (TPSA) is 38.5 Å². The van der Waals surface area contributed by atoms with Crippen LogP contribution in [0.3, 0.4) is 0 Å². The average Bonchev–Trinajstić information content (AvgIpc) is 2.71. The van der Waals surface area contributed by atoms with Crippen LogP contribution in [0.1, 0.15) is 31.9 Å². The highest BCUT2D eigenvalue weighted by atomic mass is 16.5. The summed E-state index contributed by atoms with van der Waals surface area (Å²) in [6, 6.07) is 9.41. The smallest absolute Gasteiger partial charge is 0.118 e. The summed E-state index contributed by atoms with van der Waals surface area (Å²) in [5.41, 5.74) is 7.53. The summed E-state index contributed by atoms with van der Waals surface area (Å²) in [5.74, 6) is 0.899. The summed E-state index contributed by atoms with van der Waals surface area (Å²) in [6.07, 6.45) is 1.08. The van der Waals surface area contributed by atoms with Crippen LogP contribution in [-0.2, 0) is 0 Å². The molecule has 0 radical (unpaired) electrons. The van der Waals surface area contributed by atoms with Crippen molar-refractivity contribution in [2.45, 2.75) is 38.4 Å². The highest BCUT2D eigenvalue weighted by Gasteiger charge is 2.34. The molecular weight excluding hydrogens is 212 g/mol. The Morgan fingerprint density at radius 3 is 2.47 bits per heavy atom. The molecule has 17 heavy (non-hydrogen) atoms. The lowest BCUT2D eigenvalue weighted by molar-refractivity contribution is 0.198. The van der Waals surface area contributed by atoms with Crippen LogP contribution in [0.25, 0.3) is 0 Å². The Morgan fingerprint density at radius 1 is 1.29 bits per heavy atom. The van der Waals surface area contributed by atoms with Gasteiger partial charge in [0.25, 0.3) is 0 Å². The lowest BCUT2D eigenvalue weighted by Gasteiger charge is -2.30. The molecule has 0 aliphatic carbocycles. The van der Waals surface area contributed by atoms with E-state index in [1.54, 1.807) is 7.11 Å². The summed E-state index contributed by atoms with van der Waals surface area (Å²) in [4.78, 5) is 2.48. The highest BCUT2D eigenvalue weighted by molar-refractivity contribution is 5.30. The van der Waals surface area contributed by atoms with Crippen molar-refractivity contribution in [1.82, 2.24) is 4.90 Å². The zero-order valence-corrected chi connectivity index (χ0v) is 10.9. The number of ether oxygens (including phenoxy) is 1. The number of likely N-dealkylation sites (tertiary alicyclic amines) is 1. The van der Waals surface area contributed by atoms with Crippen molar-refractivity contribution in [3.63, 3.8) is 0 Å². The molecule has 2 N–H and O–H groups in total. The summed E-state index contributed by atoms with van der Waals surface area (Å²) >= 11 is 0. The Kier molecular flexibility index (Phi) is 3.69. The first-order valence-electron chi connectivity index (χ1n) is 6.28. The molecule has 1 heterocycles. The molecule has 1 aromatic rings. The number of nitrogens with zero attached hydrogens (tertiary/aromatic N) is 1. The second-order valence-electron chi connectivity index (χ2n) is 5.00. The number of benzene rings is 1. The molecular formula is C14H22N2O. The van der Waals surface area contributed by atoms with Gasteiger partial charge in [-0.25, -0.2) is 0 Å². The molecule has 0 amide bonds. The summed E-state index contributed by atoms with van der Waals surface area (Å²) in [6.45, 7) is 5.55. The Hall–Kier alpha value is -1.06. The Bertz CT molecular complexity index is 361. The molecule has 2 rings (SSSR count). The van der Waals surface area contributed by atoms with E-state index in [9.17, 15) is 0 Å². The van der Waals surface area contributed by atoms with Gasteiger partial charge in [0.2, 0.25) is 0 Å². The Labute approximate surface area is 104 Å². The molecule has 94 valence electrons. The van der Waals surface area contributed by atoms with Gasteiger partial charge < -0.3 is 10.5 Å². The normalized spacial score (nSPS) is 25.5. The third-order valence-electron chi connectivity index (χ3n) is 3.60. The minimum atomic E-state index is 0.241. The standard InChI is InChI=1S/C14H22N2O/c1-10(2)16-9-8-13(15)14(16)11-4-6-12(17-3)7-5-11/h4-7,10,13-14H,8-9,15H2,1-3H3/t13-,14+/m0/s1. The van der Waals surface area contributed by atoms with Crippen LogP contribution in [0, 0.1) is 0 Å². The van der Waals surface area contributed by atoms with Gasteiger partial charge in [0.05, 0.1) is 13.2 Å². The minimum Gasteiger partial charge on any atom is -0.497 e. The predicted molar refractivity (Wildman–Crippen MR) is 70.2 cm³/mol. The number of nitrogens with two attached hydrogens (primary N) is 1. The van der Waals surface area contributed by atoms with Gasteiger partial charge in [0.15, 0.2) is 0 Å². The third kappa shape index (κ3) is 2.45. The third-order valence-corrected chi connectivity index (χ3v) is 3.60. The molecule has 1 aliphatic rings. The van der Waals surface area contributed by atoms with Crippen molar-refractivity contribution >= 4 is 0 Å². The maximum absolute atomic E-state index is 6.24. The molecule has 0 aromatic heterocycles. The van der Waals surface area contributed by atoms with E-state index in [2.05, 4.69) is 30.9 Å². The van der Waals surface area contributed by atoms with E-state index in [1.807, 2.05) is 12.1 Å². The first-order valence-corrected chi connectivity index (χ1v) is 6.28. The highest BCUT2D eigenvalue weighted by Crippen LogP contribution is 2.33. The van der Waals surface area contributed by atoms with Gasteiger partial charge in [-0.15, -0.1) is 0 Å². The quantitative estimate of drug-likeness (QED) is 0.871. The average molecular weight is 234 g/mol. The molecule has 0 saturated carbocycles. The van der Waals surface area contributed by atoms with Crippen molar-refractivity contribution in [2.75, 3.05) is 13.7 Å². The molecule has 1 aliphatic heterocycles. The maximum atomic E-state index is 6.24. The zero-order chi connectivity index (χ0) is 12.4. The van der Waals surface area contributed by atoms with Gasteiger partial charge in [-0.1, -0.05) is 12.1 Å². The van der Waals surface area contributed by atoms with Crippen LogP contribution >= 0.6 is 0 Å². The first kappa shape index (κ1) is 12.4. The molecule has 0 spiro atoms. The lowest BCUT2D eigenvalue weighted by atomic mass is 10.00. The lowest BCUT2D eigenvalue weighted by Crippen LogP contribution is -2.35. The van der Waals surface area contributed by atoms with E-state index in [4.69, 9.17) is 10.5 Å². The first-order chi connectivity index (χ1) is 8.13. The zero-order valence-electron chi connectivity index (χ0n) is 10.9. The molecule has 3 nitrogen and oxygen atoms in total. The molecule has 0 unspecified atom stereocenters. The molecule has 3 heteroatoms. The van der Waals surface area contributed by atoms with E-state index in [1.165, 1.54) is 5.56 Å². The van der Waals surface area contributed by atoms with Crippen molar-refractivity contribution in [3.05, 3.63) is 29.8 Å². The van der Waals surface area contributed by atoms with Crippen molar-refractivity contribution in [3.8, 4) is 5.75 Å². The van der Waals surface area contributed by atoms with Crippen molar-refractivity contribution in [1.29, 1.82) is 0 Å². The van der Waals surface area contributed by atoms with Crippen LogP contribution in [0.2, 0.25) is 0 Å². The van der Waals surface area contributed by atoms with Crippen LogP contribution in [0.15, 0.2) is 24.3 Å². The summed E-state index contributed by atoms with van der Waals surface area (Å²) < 4.78 is 5.19. The van der Waals surface area contributed by atoms with Gasteiger partial charge in [0, 0.05) is 18.6 Å². The van der Waals surface area contributed by atoms with Gasteiger partial charge in [-0.2, -0.15) is 0 Å². The van der Waals surface area contributed by atoms with E-state index < -0.39 is 0 Å². The van der Waals surface area contributed by atoms with Gasteiger partial charge in [-0.05, 0) is 38.0 Å². The number of hydrogen-bond acceptors (Lipinski definition) is 3. The van der Waals surface area contributed by atoms with Crippen LogP contribution in [0.5, 0.6) is 5.75 Å². The monoisotopic (exact) mass is 234 g/mol. The molecule has 1 fully saturated rings. The van der Waals surface area contributed by atoms with Gasteiger partial charge >= 0.3 is 0 Å². The minimum absolute atomic E-state index is 0.241. The Morgan fingerprint density at radius 2 is 1.94 bits per heavy atom. The molecule has 1 saturated heterocycles. The number of hydrogen-bond donors (Lipinski definition) is 1. The molecule has 2 atom stereocenters. The van der Waals surface area contributed by atoms with Crippen molar-refractivity contribution < 1.29 is 4.74 Å². The van der Waals surface area contributed by atoms with Crippen LogP contribution in [-0.4, -0.2) is 30.6 Å². The van der Waals surface area contributed by atoms with Crippen LogP contribution in [0.4, 0.5) is 0 Å². The predicted octanol–water partition coefficient (Wildman–Crippen LogP) is 2.18. The largest absolute Gasteiger partial charge is 0.497 e. The number of rotatable bonds is 3. The maximum Gasteiger partial charge on any atom is 0.118 e. The number of methoxy groups -OCH3 is 1.